The lowest BCUT2D eigenvalue weighted by atomic mass is 9.86. The van der Waals surface area contributed by atoms with Crippen molar-refractivity contribution in [1.29, 1.82) is 0 Å². The molecule has 0 radical (unpaired) electrons. The summed E-state index contributed by atoms with van der Waals surface area (Å²) in [7, 11) is 0. The van der Waals surface area contributed by atoms with E-state index in [9.17, 15) is 4.79 Å². The minimum Gasteiger partial charge on any atom is -0.290 e. The molecule has 3 heteroatoms. The van der Waals surface area contributed by atoms with Crippen molar-refractivity contribution in [2.24, 2.45) is 5.84 Å². The van der Waals surface area contributed by atoms with Gasteiger partial charge < -0.3 is 0 Å². The molecule has 0 saturated heterocycles. The Hall–Kier alpha value is -2.13. The van der Waals surface area contributed by atoms with Crippen molar-refractivity contribution in [3.8, 4) is 11.1 Å². The van der Waals surface area contributed by atoms with E-state index >= 15 is 0 Å². The van der Waals surface area contributed by atoms with E-state index in [1.165, 1.54) is 5.56 Å². The first kappa shape index (κ1) is 14.3. The van der Waals surface area contributed by atoms with Crippen LogP contribution in [-0.4, -0.2) is 5.91 Å². The molecule has 20 heavy (non-hydrogen) atoms. The molecule has 2 rings (SSSR count). The lowest BCUT2D eigenvalue weighted by Crippen LogP contribution is -2.29. The second-order valence-electron chi connectivity index (χ2n) is 5.88. The average molecular weight is 268 g/mol. The van der Waals surface area contributed by atoms with Gasteiger partial charge in [-0.15, -0.1) is 0 Å². The fourth-order valence-corrected chi connectivity index (χ4v) is 2.06. The van der Waals surface area contributed by atoms with Crippen LogP contribution in [0, 0.1) is 0 Å². The van der Waals surface area contributed by atoms with Crippen LogP contribution in [0.3, 0.4) is 0 Å². The number of nitrogen functional groups attached to an aromatic ring is 1. The summed E-state index contributed by atoms with van der Waals surface area (Å²) in [6, 6.07) is 15.9. The van der Waals surface area contributed by atoms with Gasteiger partial charge in [-0.05, 0) is 34.2 Å². The Morgan fingerprint density at radius 1 is 0.900 bits per heavy atom. The zero-order valence-corrected chi connectivity index (χ0v) is 12.1. The fourth-order valence-electron chi connectivity index (χ4n) is 2.06. The number of carbonyl (C=O) groups excluding carboxylic acids is 1. The SMILES string of the molecule is CC(C)(C)c1ccc(-c2ccc(C(=O)NN)cc2)cc1. The minimum absolute atomic E-state index is 0.154. The van der Waals surface area contributed by atoms with Gasteiger partial charge in [-0.2, -0.15) is 0 Å². The molecule has 2 aromatic carbocycles. The van der Waals surface area contributed by atoms with E-state index in [-0.39, 0.29) is 11.3 Å². The Morgan fingerprint density at radius 3 is 1.75 bits per heavy atom. The molecule has 0 fully saturated rings. The van der Waals surface area contributed by atoms with Crippen LogP contribution in [0.1, 0.15) is 36.7 Å². The number of rotatable bonds is 2. The Bertz CT molecular complexity index is 592. The summed E-state index contributed by atoms with van der Waals surface area (Å²) in [6.45, 7) is 6.59. The van der Waals surface area contributed by atoms with Gasteiger partial charge in [0.05, 0.1) is 0 Å². The van der Waals surface area contributed by atoms with Crippen LogP contribution < -0.4 is 11.3 Å². The molecule has 0 aliphatic rings. The smallest absolute Gasteiger partial charge is 0.265 e. The normalized spacial score (nSPS) is 11.2. The summed E-state index contributed by atoms with van der Waals surface area (Å²) in [5.74, 6) is 4.83. The number of hydrogen-bond donors (Lipinski definition) is 2. The maximum absolute atomic E-state index is 11.4. The standard InChI is InChI=1S/C17H20N2O/c1-17(2,3)15-10-8-13(9-11-15)12-4-6-14(7-5-12)16(20)19-18/h4-11H,18H2,1-3H3,(H,19,20). The molecule has 0 spiro atoms. The molecule has 0 saturated carbocycles. The third-order valence-electron chi connectivity index (χ3n) is 3.36. The highest BCUT2D eigenvalue weighted by Crippen LogP contribution is 2.26. The number of hydrogen-bond acceptors (Lipinski definition) is 2. The van der Waals surface area contributed by atoms with Crippen LogP contribution >= 0.6 is 0 Å². The highest BCUT2D eigenvalue weighted by atomic mass is 16.2. The number of amides is 1. The minimum atomic E-state index is -0.278. The van der Waals surface area contributed by atoms with Gasteiger partial charge in [-0.1, -0.05) is 57.2 Å². The quantitative estimate of drug-likeness (QED) is 0.499. The summed E-state index contributed by atoms with van der Waals surface area (Å²) in [5.41, 5.74) is 6.36. The average Bonchev–Trinajstić information content (AvgIpc) is 2.46. The van der Waals surface area contributed by atoms with Crippen molar-refractivity contribution >= 4 is 5.91 Å². The van der Waals surface area contributed by atoms with Gasteiger partial charge >= 0.3 is 0 Å². The fraction of sp³-hybridized carbons (Fsp3) is 0.235. The summed E-state index contributed by atoms with van der Waals surface area (Å²) < 4.78 is 0. The van der Waals surface area contributed by atoms with Gasteiger partial charge in [0.1, 0.15) is 0 Å². The summed E-state index contributed by atoms with van der Waals surface area (Å²) in [5, 5.41) is 0. The van der Waals surface area contributed by atoms with Crippen LogP contribution in [0.2, 0.25) is 0 Å². The molecular weight excluding hydrogens is 248 g/mol. The maximum atomic E-state index is 11.4. The number of hydrazine groups is 1. The van der Waals surface area contributed by atoms with Crippen molar-refractivity contribution in [1.82, 2.24) is 5.43 Å². The van der Waals surface area contributed by atoms with Crippen LogP contribution in [0.5, 0.6) is 0 Å². The highest BCUT2D eigenvalue weighted by molar-refractivity contribution is 5.94. The van der Waals surface area contributed by atoms with Crippen molar-refractivity contribution in [2.75, 3.05) is 0 Å². The van der Waals surface area contributed by atoms with Gasteiger partial charge in [0.15, 0.2) is 0 Å². The summed E-state index contributed by atoms with van der Waals surface area (Å²) >= 11 is 0. The van der Waals surface area contributed by atoms with Gasteiger partial charge in [0, 0.05) is 5.56 Å². The van der Waals surface area contributed by atoms with Crippen molar-refractivity contribution in [3.05, 3.63) is 59.7 Å². The molecule has 3 N–H and O–H groups in total. The predicted octanol–water partition coefficient (Wildman–Crippen LogP) is 3.25. The third kappa shape index (κ3) is 3.06. The Morgan fingerprint density at radius 2 is 1.35 bits per heavy atom. The van der Waals surface area contributed by atoms with E-state index < -0.39 is 0 Å². The molecule has 0 unspecified atom stereocenters. The molecule has 2 aromatic rings. The highest BCUT2D eigenvalue weighted by Gasteiger charge is 2.13. The molecule has 1 amide bonds. The van der Waals surface area contributed by atoms with E-state index in [1.807, 2.05) is 12.1 Å². The van der Waals surface area contributed by atoms with E-state index in [0.717, 1.165) is 11.1 Å². The molecule has 3 nitrogen and oxygen atoms in total. The van der Waals surface area contributed by atoms with Gasteiger partial charge in [-0.25, -0.2) is 5.84 Å². The number of nitrogens with one attached hydrogen (secondary N) is 1. The molecular formula is C17H20N2O. The van der Waals surface area contributed by atoms with Crippen molar-refractivity contribution in [2.45, 2.75) is 26.2 Å². The van der Waals surface area contributed by atoms with Crippen LogP contribution in [0.25, 0.3) is 11.1 Å². The Kier molecular flexibility index (Phi) is 3.91. The molecule has 104 valence electrons. The maximum Gasteiger partial charge on any atom is 0.265 e. The largest absolute Gasteiger partial charge is 0.290 e. The predicted molar refractivity (Wildman–Crippen MR) is 82.2 cm³/mol. The lowest BCUT2D eigenvalue weighted by Gasteiger charge is -2.19. The first-order chi connectivity index (χ1) is 9.41. The summed E-state index contributed by atoms with van der Waals surface area (Å²) in [4.78, 5) is 11.4. The molecule has 0 aliphatic heterocycles. The first-order valence-electron chi connectivity index (χ1n) is 6.64. The number of carbonyl (C=O) groups is 1. The van der Waals surface area contributed by atoms with E-state index in [4.69, 9.17) is 5.84 Å². The van der Waals surface area contributed by atoms with Crippen LogP contribution in [0.15, 0.2) is 48.5 Å². The van der Waals surface area contributed by atoms with Crippen LogP contribution in [-0.2, 0) is 5.41 Å². The molecule has 0 atom stereocenters. The number of benzene rings is 2. The van der Waals surface area contributed by atoms with Crippen LogP contribution in [0.4, 0.5) is 0 Å². The monoisotopic (exact) mass is 268 g/mol. The van der Waals surface area contributed by atoms with Gasteiger partial charge in [0.25, 0.3) is 5.91 Å². The summed E-state index contributed by atoms with van der Waals surface area (Å²) in [6.07, 6.45) is 0. The molecule has 0 bridgehead atoms. The lowest BCUT2D eigenvalue weighted by molar-refractivity contribution is 0.0953. The van der Waals surface area contributed by atoms with Gasteiger partial charge in [-0.3, -0.25) is 10.2 Å². The second kappa shape index (κ2) is 5.47. The van der Waals surface area contributed by atoms with E-state index in [0.29, 0.717) is 5.56 Å². The van der Waals surface area contributed by atoms with E-state index in [2.05, 4.69) is 50.5 Å². The third-order valence-corrected chi connectivity index (χ3v) is 3.36. The molecule has 0 aliphatic carbocycles. The van der Waals surface area contributed by atoms with Crippen molar-refractivity contribution < 1.29 is 4.79 Å². The molecule has 0 heterocycles. The zero-order chi connectivity index (χ0) is 14.8. The second-order valence-corrected chi connectivity index (χ2v) is 5.88. The van der Waals surface area contributed by atoms with Crippen molar-refractivity contribution in [3.63, 3.8) is 0 Å². The van der Waals surface area contributed by atoms with Gasteiger partial charge in [0.2, 0.25) is 0 Å². The first-order valence-corrected chi connectivity index (χ1v) is 6.64. The zero-order valence-electron chi connectivity index (χ0n) is 12.1. The number of nitrogens with two attached hydrogens (primary N) is 1. The Balaban J connectivity index is 2.26. The topological polar surface area (TPSA) is 55.1 Å². The molecule has 0 aromatic heterocycles. The van der Waals surface area contributed by atoms with E-state index in [1.54, 1.807) is 12.1 Å². The Labute approximate surface area is 119 Å².